The molecule has 0 aromatic heterocycles. The van der Waals surface area contributed by atoms with Crippen molar-refractivity contribution in [2.45, 2.75) is 0 Å². The van der Waals surface area contributed by atoms with E-state index in [2.05, 4.69) is 0 Å². The molecule has 0 heterocycles. The van der Waals surface area contributed by atoms with Crippen LogP contribution < -0.4 is 4.74 Å². The largest absolute Gasteiger partial charge is 0.478 e. The quantitative estimate of drug-likeness (QED) is 0.747. The van der Waals surface area contributed by atoms with Crippen molar-refractivity contribution in [2.24, 2.45) is 0 Å². The summed E-state index contributed by atoms with van der Waals surface area (Å²) < 4.78 is 5.68. The van der Waals surface area contributed by atoms with Crippen LogP contribution in [0.25, 0.3) is 11.1 Å². The van der Waals surface area contributed by atoms with E-state index in [-0.39, 0.29) is 5.56 Å². The SMILES string of the molecule is O=C(O)c1ccccc1Oc1ccc(-c2ccccc2)cc1. The number of hydrogen-bond donors (Lipinski definition) is 1. The predicted octanol–water partition coefficient (Wildman–Crippen LogP) is 4.84. The Morgan fingerprint density at radius 3 is 2.00 bits per heavy atom. The van der Waals surface area contributed by atoms with Crippen LogP contribution in [0.1, 0.15) is 10.4 Å². The van der Waals surface area contributed by atoms with E-state index in [1.807, 2.05) is 54.6 Å². The fourth-order valence-corrected chi connectivity index (χ4v) is 2.21. The highest BCUT2D eigenvalue weighted by Gasteiger charge is 2.10. The molecule has 0 aliphatic heterocycles. The normalized spacial score (nSPS) is 10.2. The standard InChI is InChI=1S/C19H14O3/c20-19(21)17-8-4-5-9-18(17)22-16-12-10-15(11-13-16)14-6-2-1-3-7-14/h1-13H,(H,20,21). The fraction of sp³-hybridized carbons (Fsp3) is 0. The van der Waals surface area contributed by atoms with Crippen molar-refractivity contribution >= 4 is 5.97 Å². The highest BCUT2D eigenvalue weighted by molar-refractivity contribution is 5.90. The van der Waals surface area contributed by atoms with Gasteiger partial charge in [0, 0.05) is 0 Å². The van der Waals surface area contributed by atoms with Crippen molar-refractivity contribution in [2.75, 3.05) is 0 Å². The van der Waals surface area contributed by atoms with Crippen LogP contribution in [-0.2, 0) is 0 Å². The summed E-state index contributed by atoms with van der Waals surface area (Å²) in [7, 11) is 0. The number of para-hydroxylation sites is 1. The zero-order valence-corrected chi connectivity index (χ0v) is 11.8. The third-order valence-corrected chi connectivity index (χ3v) is 3.31. The highest BCUT2D eigenvalue weighted by Crippen LogP contribution is 2.27. The maximum absolute atomic E-state index is 11.2. The first-order valence-corrected chi connectivity index (χ1v) is 6.90. The lowest BCUT2D eigenvalue weighted by Crippen LogP contribution is -1.99. The first-order chi connectivity index (χ1) is 10.7. The predicted molar refractivity (Wildman–Crippen MR) is 85.4 cm³/mol. The van der Waals surface area contributed by atoms with Crippen LogP contribution in [0.4, 0.5) is 0 Å². The lowest BCUT2D eigenvalue weighted by Gasteiger charge is -2.09. The van der Waals surface area contributed by atoms with E-state index >= 15 is 0 Å². The van der Waals surface area contributed by atoms with Crippen LogP contribution in [0.15, 0.2) is 78.9 Å². The summed E-state index contributed by atoms with van der Waals surface area (Å²) in [5.41, 5.74) is 2.36. The second kappa shape index (κ2) is 6.14. The van der Waals surface area contributed by atoms with E-state index in [0.717, 1.165) is 11.1 Å². The third kappa shape index (κ3) is 2.99. The molecule has 0 bridgehead atoms. The summed E-state index contributed by atoms with van der Waals surface area (Å²) in [4.78, 5) is 11.2. The lowest BCUT2D eigenvalue weighted by molar-refractivity contribution is 0.0694. The molecule has 0 spiro atoms. The first-order valence-electron chi connectivity index (χ1n) is 6.90. The molecule has 0 radical (unpaired) electrons. The fourth-order valence-electron chi connectivity index (χ4n) is 2.21. The summed E-state index contributed by atoms with van der Waals surface area (Å²) >= 11 is 0. The summed E-state index contributed by atoms with van der Waals surface area (Å²) in [5.74, 6) is -0.0626. The molecule has 3 heteroatoms. The van der Waals surface area contributed by atoms with Gasteiger partial charge in [0.2, 0.25) is 0 Å². The van der Waals surface area contributed by atoms with Crippen molar-refractivity contribution in [3.05, 3.63) is 84.4 Å². The van der Waals surface area contributed by atoms with Crippen LogP contribution >= 0.6 is 0 Å². The summed E-state index contributed by atoms with van der Waals surface area (Å²) in [6.45, 7) is 0. The molecule has 22 heavy (non-hydrogen) atoms. The van der Waals surface area contributed by atoms with Crippen LogP contribution in [0.3, 0.4) is 0 Å². The maximum atomic E-state index is 11.2. The number of aromatic carboxylic acids is 1. The van der Waals surface area contributed by atoms with Gasteiger partial charge in [-0.15, -0.1) is 0 Å². The van der Waals surface area contributed by atoms with Gasteiger partial charge in [-0.05, 0) is 35.4 Å². The van der Waals surface area contributed by atoms with Gasteiger partial charge in [-0.1, -0.05) is 54.6 Å². The van der Waals surface area contributed by atoms with Gasteiger partial charge >= 0.3 is 5.97 Å². The Labute approximate surface area is 128 Å². The summed E-state index contributed by atoms with van der Waals surface area (Å²) in [6.07, 6.45) is 0. The highest BCUT2D eigenvalue weighted by atomic mass is 16.5. The summed E-state index contributed by atoms with van der Waals surface area (Å²) in [5, 5.41) is 9.16. The first kappa shape index (κ1) is 13.9. The van der Waals surface area contributed by atoms with Crippen molar-refractivity contribution in [1.82, 2.24) is 0 Å². The molecule has 0 saturated heterocycles. The molecular weight excluding hydrogens is 276 g/mol. The average Bonchev–Trinajstić information content (AvgIpc) is 2.57. The van der Waals surface area contributed by atoms with Gasteiger partial charge in [-0.25, -0.2) is 4.79 Å². The van der Waals surface area contributed by atoms with E-state index < -0.39 is 5.97 Å². The number of rotatable bonds is 4. The molecule has 108 valence electrons. The Hall–Kier alpha value is -3.07. The van der Waals surface area contributed by atoms with E-state index in [4.69, 9.17) is 9.84 Å². The van der Waals surface area contributed by atoms with Gasteiger partial charge < -0.3 is 9.84 Å². The van der Waals surface area contributed by atoms with Crippen molar-refractivity contribution in [3.63, 3.8) is 0 Å². The van der Waals surface area contributed by atoms with Gasteiger partial charge in [-0.3, -0.25) is 0 Å². The van der Waals surface area contributed by atoms with Crippen LogP contribution in [0.2, 0.25) is 0 Å². The molecule has 0 unspecified atom stereocenters. The van der Waals surface area contributed by atoms with Crippen LogP contribution in [0, 0.1) is 0 Å². The van der Waals surface area contributed by atoms with Gasteiger partial charge in [-0.2, -0.15) is 0 Å². The van der Waals surface area contributed by atoms with Gasteiger partial charge in [0.25, 0.3) is 0 Å². The van der Waals surface area contributed by atoms with E-state index in [1.165, 1.54) is 6.07 Å². The molecule has 0 aliphatic carbocycles. The van der Waals surface area contributed by atoms with Gasteiger partial charge in [0.05, 0.1) is 0 Å². The van der Waals surface area contributed by atoms with E-state index in [9.17, 15) is 4.79 Å². The topological polar surface area (TPSA) is 46.5 Å². The third-order valence-electron chi connectivity index (χ3n) is 3.31. The average molecular weight is 290 g/mol. The zero-order chi connectivity index (χ0) is 15.4. The van der Waals surface area contributed by atoms with Crippen molar-refractivity contribution < 1.29 is 14.6 Å². The number of carboxylic acids is 1. The number of ether oxygens (including phenoxy) is 1. The Bertz CT molecular complexity index is 777. The minimum Gasteiger partial charge on any atom is -0.478 e. The minimum absolute atomic E-state index is 0.148. The Morgan fingerprint density at radius 2 is 1.32 bits per heavy atom. The Kier molecular flexibility index (Phi) is 3.88. The zero-order valence-electron chi connectivity index (χ0n) is 11.8. The van der Waals surface area contributed by atoms with Gasteiger partial charge in [0.1, 0.15) is 17.1 Å². The van der Waals surface area contributed by atoms with E-state index in [0.29, 0.717) is 11.5 Å². The van der Waals surface area contributed by atoms with Crippen molar-refractivity contribution in [3.8, 4) is 22.6 Å². The smallest absolute Gasteiger partial charge is 0.339 e. The molecule has 0 fully saturated rings. The molecular formula is C19H14O3. The molecule has 0 atom stereocenters. The Morgan fingerprint density at radius 1 is 0.727 bits per heavy atom. The van der Waals surface area contributed by atoms with E-state index in [1.54, 1.807) is 18.2 Å². The Balaban J connectivity index is 1.84. The molecule has 0 aliphatic rings. The van der Waals surface area contributed by atoms with Crippen LogP contribution in [0.5, 0.6) is 11.5 Å². The van der Waals surface area contributed by atoms with Crippen molar-refractivity contribution in [1.29, 1.82) is 0 Å². The monoisotopic (exact) mass is 290 g/mol. The molecule has 0 saturated carbocycles. The molecule has 3 aromatic rings. The molecule has 1 N–H and O–H groups in total. The number of carbonyl (C=O) groups is 1. The second-order valence-corrected chi connectivity index (χ2v) is 4.79. The lowest BCUT2D eigenvalue weighted by atomic mass is 10.1. The number of hydrogen-bond acceptors (Lipinski definition) is 2. The number of carboxylic acid groups (broad SMARTS) is 1. The van der Waals surface area contributed by atoms with Crippen LogP contribution in [-0.4, -0.2) is 11.1 Å². The molecule has 3 rings (SSSR count). The van der Waals surface area contributed by atoms with Gasteiger partial charge in [0.15, 0.2) is 0 Å². The molecule has 0 amide bonds. The minimum atomic E-state index is -1.00. The maximum Gasteiger partial charge on any atom is 0.339 e. The molecule has 3 aromatic carbocycles. The second-order valence-electron chi connectivity index (χ2n) is 4.79. The molecule has 3 nitrogen and oxygen atoms in total. The summed E-state index contributed by atoms with van der Waals surface area (Å²) in [6, 6.07) is 24.2. The number of benzene rings is 3.